The van der Waals surface area contributed by atoms with E-state index >= 15 is 0 Å². The molecule has 0 unspecified atom stereocenters. The standard InChI is InChI=1S/C21H27N5O3/c1-14(27)22-9-20(28)26-12-17-11-25(10-15-7-23-24-8-15)13-19(17)21(26)16-3-5-18(29-2)6-4-16/h3-8,17,19,21H,9-13H2,1-2H3,(H,22,27)(H,23,24)/t17-,19-,21-/m0/s1. The van der Waals surface area contributed by atoms with E-state index < -0.39 is 0 Å². The summed E-state index contributed by atoms with van der Waals surface area (Å²) >= 11 is 0. The Balaban J connectivity index is 1.54. The van der Waals surface area contributed by atoms with Crippen LogP contribution in [0.4, 0.5) is 0 Å². The van der Waals surface area contributed by atoms with E-state index in [2.05, 4.69) is 20.4 Å². The number of benzene rings is 1. The summed E-state index contributed by atoms with van der Waals surface area (Å²) in [5.41, 5.74) is 2.28. The number of nitrogens with one attached hydrogen (secondary N) is 2. The highest BCUT2D eigenvalue weighted by atomic mass is 16.5. The van der Waals surface area contributed by atoms with Crippen LogP contribution >= 0.6 is 0 Å². The van der Waals surface area contributed by atoms with Gasteiger partial charge < -0.3 is 15.0 Å². The Labute approximate surface area is 170 Å². The molecular formula is C21H27N5O3. The number of hydrogen-bond donors (Lipinski definition) is 2. The van der Waals surface area contributed by atoms with Gasteiger partial charge in [-0.1, -0.05) is 12.1 Å². The fourth-order valence-electron chi connectivity index (χ4n) is 4.68. The lowest BCUT2D eigenvalue weighted by atomic mass is 9.89. The Morgan fingerprint density at radius 3 is 2.69 bits per heavy atom. The Morgan fingerprint density at radius 2 is 2.03 bits per heavy atom. The number of methoxy groups -OCH3 is 1. The predicted octanol–water partition coefficient (Wildman–Crippen LogP) is 1.19. The number of hydrogen-bond acceptors (Lipinski definition) is 5. The SMILES string of the molecule is COc1ccc([C@H]2[C@H]3CN(Cc4cn[nH]c4)C[C@H]3CN2C(=O)CNC(C)=O)cc1. The molecule has 3 heterocycles. The zero-order valence-electron chi connectivity index (χ0n) is 16.8. The molecule has 2 aliphatic rings. The molecule has 2 N–H and O–H groups in total. The van der Waals surface area contributed by atoms with E-state index in [0.29, 0.717) is 18.4 Å². The van der Waals surface area contributed by atoms with Crippen LogP contribution in [-0.4, -0.2) is 65.1 Å². The summed E-state index contributed by atoms with van der Waals surface area (Å²) in [6.07, 6.45) is 3.79. The lowest BCUT2D eigenvalue weighted by Gasteiger charge is -2.30. The van der Waals surface area contributed by atoms with Crippen molar-refractivity contribution in [2.45, 2.75) is 19.5 Å². The molecule has 2 aliphatic heterocycles. The van der Waals surface area contributed by atoms with Gasteiger partial charge in [-0.2, -0.15) is 5.10 Å². The number of fused-ring (bicyclic) bond motifs is 1. The number of ether oxygens (including phenoxy) is 1. The quantitative estimate of drug-likeness (QED) is 0.764. The number of aromatic nitrogens is 2. The van der Waals surface area contributed by atoms with Gasteiger partial charge in [-0.15, -0.1) is 0 Å². The fraction of sp³-hybridized carbons (Fsp3) is 0.476. The number of likely N-dealkylation sites (tertiary alicyclic amines) is 2. The number of carbonyl (C=O) groups is 2. The van der Waals surface area contributed by atoms with Crippen LogP contribution in [0.25, 0.3) is 0 Å². The van der Waals surface area contributed by atoms with E-state index in [0.717, 1.165) is 30.9 Å². The van der Waals surface area contributed by atoms with Gasteiger partial charge in [0.2, 0.25) is 11.8 Å². The average Bonchev–Trinajstić information content (AvgIpc) is 3.43. The molecule has 2 fully saturated rings. The molecule has 4 rings (SSSR count). The minimum Gasteiger partial charge on any atom is -0.497 e. The maximum absolute atomic E-state index is 12.9. The molecule has 0 spiro atoms. The molecule has 0 radical (unpaired) electrons. The zero-order valence-corrected chi connectivity index (χ0v) is 16.8. The van der Waals surface area contributed by atoms with E-state index in [9.17, 15) is 9.59 Å². The molecule has 0 saturated carbocycles. The van der Waals surface area contributed by atoms with E-state index in [1.54, 1.807) is 7.11 Å². The zero-order chi connectivity index (χ0) is 20.4. The van der Waals surface area contributed by atoms with Crippen molar-refractivity contribution in [2.75, 3.05) is 33.3 Å². The molecule has 8 heteroatoms. The maximum Gasteiger partial charge on any atom is 0.242 e. The Bertz CT molecular complexity index is 852. The number of carbonyl (C=O) groups excluding carboxylic acids is 2. The topological polar surface area (TPSA) is 90.6 Å². The van der Waals surface area contributed by atoms with Gasteiger partial charge in [0.15, 0.2) is 0 Å². The van der Waals surface area contributed by atoms with Crippen LogP contribution in [-0.2, 0) is 16.1 Å². The molecule has 2 saturated heterocycles. The van der Waals surface area contributed by atoms with Gasteiger partial charge in [0.25, 0.3) is 0 Å². The minimum atomic E-state index is -0.190. The summed E-state index contributed by atoms with van der Waals surface area (Å²) in [6.45, 7) is 4.92. The van der Waals surface area contributed by atoms with Gasteiger partial charge in [0, 0.05) is 50.8 Å². The van der Waals surface area contributed by atoms with Crippen molar-refractivity contribution in [3.63, 3.8) is 0 Å². The smallest absolute Gasteiger partial charge is 0.242 e. The normalized spacial score (nSPS) is 23.8. The highest BCUT2D eigenvalue weighted by Gasteiger charge is 2.48. The first kappa shape index (κ1) is 19.4. The lowest BCUT2D eigenvalue weighted by molar-refractivity contribution is -0.133. The summed E-state index contributed by atoms with van der Waals surface area (Å²) in [4.78, 5) is 28.5. The second kappa shape index (κ2) is 8.24. The van der Waals surface area contributed by atoms with Crippen LogP contribution in [0.5, 0.6) is 5.75 Å². The fourth-order valence-corrected chi connectivity index (χ4v) is 4.68. The first-order valence-electron chi connectivity index (χ1n) is 9.93. The summed E-state index contributed by atoms with van der Waals surface area (Å²) < 4.78 is 5.29. The van der Waals surface area contributed by atoms with Crippen LogP contribution < -0.4 is 10.1 Å². The lowest BCUT2D eigenvalue weighted by Crippen LogP contribution is -2.41. The van der Waals surface area contributed by atoms with Gasteiger partial charge in [0.1, 0.15) is 5.75 Å². The van der Waals surface area contributed by atoms with Crippen molar-refractivity contribution in [3.8, 4) is 5.75 Å². The van der Waals surface area contributed by atoms with Crippen LogP contribution in [0.1, 0.15) is 24.1 Å². The predicted molar refractivity (Wildman–Crippen MR) is 107 cm³/mol. The van der Waals surface area contributed by atoms with E-state index in [-0.39, 0.29) is 24.4 Å². The van der Waals surface area contributed by atoms with Crippen molar-refractivity contribution >= 4 is 11.8 Å². The maximum atomic E-state index is 12.9. The van der Waals surface area contributed by atoms with Gasteiger partial charge >= 0.3 is 0 Å². The van der Waals surface area contributed by atoms with Gasteiger partial charge in [-0.3, -0.25) is 19.6 Å². The Hall–Kier alpha value is -2.87. The van der Waals surface area contributed by atoms with Crippen LogP contribution in [0.2, 0.25) is 0 Å². The largest absolute Gasteiger partial charge is 0.497 e. The van der Waals surface area contributed by atoms with Crippen molar-refractivity contribution in [2.24, 2.45) is 11.8 Å². The molecule has 0 aliphatic carbocycles. The van der Waals surface area contributed by atoms with Crippen molar-refractivity contribution in [1.82, 2.24) is 25.3 Å². The second-order valence-corrected chi connectivity index (χ2v) is 7.90. The molecule has 0 bridgehead atoms. The summed E-state index contributed by atoms with van der Waals surface area (Å²) in [7, 11) is 1.65. The number of rotatable bonds is 6. The minimum absolute atomic E-state index is 0.00140. The number of nitrogens with zero attached hydrogens (tertiary/aromatic N) is 3. The second-order valence-electron chi connectivity index (χ2n) is 7.90. The van der Waals surface area contributed by atoms with E-state index in [1.165, 1.54) is 12.5 Å². The Kier molecular flexibility index (Phi) is 5.53. The first-order valence-corrected chi connectivity index (χ1v) is 9.93. The van der Waals surface area contributed by atoms with Crippen molar-refractivity contribution in [1.29, 1.82) is 0 Å². The summed E-state index contributed by atoms with van der Waals surface area (Å²) in [5.74, 6) is 1.35. The van der Waals surface area contributed by atoms with Gasteiger partial charge in [-0.05, 0) is 23.6 Å². The monoisotopic (exact) mass is 397 g/mol. The third-order valence-electron chi connectivity index (χ3n) is 5.97. The number of H-pyrrole nitrogens is 1. The molecule has 2 amide bonds. The Morgan fingerprint density at radius 1 is 1.24 bits per heavy atom. The molecule has 3 atom stereocenters. The van der Waals surface area contributed by atoms with E-state index in [1.807, 2.05) is 41.6 Å². The number of amides is 2. The van der Waals surface area contributed by atoms with Gasteiger partial charge in [0.05, 0.1) is 25.9 Å². The van der Waals surface area contributed by atoms with E-state index in [4.69, 9.17) is 4.74 Å². The average molecular weight is 397 g/mol. The van der Waals surface area contributed by atoms with Crippen LogP contribution in [0.3, 0.4) is 0 Å². The molecule has 2 aromatic rings. The molecule has 29 heavy (non-hydrogen) atoms. The molecule has 1 aromatic heterocycles. The highest BCUT2D eigenvalue weighted by molar-refractivity contribution is 5.84. The molecule has 8 nitrogen and oxygen atoms in total. The first-order chi connectivity index (χ1) is 14.0. The summed E-state index contributed by atoms with van der Waals surface area (Å²) in [6, 6.07) is 7.97. The third-order valence-corrected chi connectivity index (χ3v) is 5.97. The van der Waals surface area contributed by atoms with Crippen LogP contribution in [0.15, 0.2) is 36.7 Å². The molecule has 1 aromatic carbocycles. The van der Waals surface area contributed by atoms with Crippen LogP contribution in [0, 0.1) is 11.8 Å². The van der Waals surface area contributed by atoms with Gasteiger partial charge in [-0.25, -0.2) is 0 Å². The number of aromatic amines is 1. The third kappa shape index (κ3) is 4.12. The van der Waals surface area contributed by atoms with Crippen molar-refractivity contribution < 1.29 is 14.3 Å². The molecular weight excluding hydrogens is 370 g/mol. The summed E-state index contributed by atoms with van der Waals surface area (Å²) in [5, 5.41) is 9.55. The highest BCUT2D eigenvalue weighted by Crippen LogP contribution is 2.45. The molecule has 154 valence electrons. The van der Waals surface area contributed by atoms with Crippen molar-refractivity contribution in [3.05, 3.63) is 47.8 Å².